The van der Waals surface area contributed by atoms with Crippen molar-refractivity contribution in [3.8, 4) is 5.75 Å². The average molecular weight is 602 g/mol. The van der Waals surface area contributed by atoms with Crippen LogP contribution in [0.3, 0.4) is 0 Å². The van der Waals surface area contributed by atoms with E-state index in [0.29, 0.717) is 10.0 Å². The fourth-order valence-corrected chi connectivity index (χ4v) is 4.93. The number of anilines is 1. The van der Waals surface area contributed by atoms with Gasteiger partial charge in [-0.05, 0) is 61.0 Å². The number of carboxylic acids is 1. The third-order valence-corrected chi connectivity index (χ3v) is 7.55. The monoisotopic (exact) mass is 600 g/mol. The molecule has 0 heterocycles. The van der Waals surface area contributed by atoms with E-state index in [9.17, 15) is 23.1 Å². The number of hydrogen-bond donors (Lipinski definition) is 3. The Morgan fingerprint density at radius 1 is 0.895 bits per heavy atom. The van der Waals surface area contributed by atoms with E-state index in [1.807, 2.05) is 0 Å². The summed E-state index contributed by atoms with van der Waals surface area (Å²) in [7, 11) is -3.73. The zero-order valence-corrected chi connectivity index (χ0v) is 23.0. The first-order chi connectivity index (χ1) is 18.0. The summed E-state index contributed by atoms with van der Waals surface area (Å²) in [5.41, 5.74) is 0.772. The van der Waals surface area contributed by atoms with Gasteiger partial charge in [0.15, 0.2) is 0 Å². The summed E-state index contributed by atoms with van der Waals surface area (Å²) in [6, 6.07) is 13.0. The molecule has 3 aromatic rings. The van der Waals surface area contributed by atoms with E-state index in [4.69, 9.17) is 44.3 Å². The van der Waals surface area contributed by atoms with Crippen LogP contribution in [0.4, 0.5) is 5.69 Å². The zero-order valence-electron chi connectivity index (χ0n) is 20.0. The van der Waals surface area contributed by atoms with Gasteiger partial charge in [-0.15, -0.1) is 0 Å². The molecule has 0 fully saturated rings. The third-order valence-electron chi connectivity index (χ3n) is 5.13. The Bertz CT molecular complexity index is 1450. The molecule has 0 aliphatic heterocycles. The van der Waals surface area contributed by atoms with Gasteiger partial charge < -0.3 is 19.9 Å². The van der Waals surface area contributed by atoms with Crippen molar-refractivity contribution in [2.45, 2.75) is 11.8 Å². The number of ether oxygens (including phenoxy) is 2. The molecular formula is C25H23Cl3N2O7S. The van der Waals surface area contributed by atoms with Crippen LogP contribution in [0, 0.1) is 6.92 Å². The lowest BCUT2D eigenvalue weighted by molar-refractivity contribution is 0.0697. The van der Waals surface area contributed by atoms with Gasteiger partial charge in [0.2, 0.25) is 10.0 Å². The van der Waals surface area contributed by atoms with E-state index >= 15 is 0 Å². The molecule has 1 amide bonds. The first kappa shape index (κ1) is 29.7. The predicted octanol–water partition coefficient (Wildman–Crippen LogP) is 5.28. The summed E-state index contributed by atoms with van der Waals surface area (Å²) >= 11 is 17.9. The first-order valence-corrected chi connectivity index (χ1v) is 13.7. The number of aryl methyl sites for hydroxylation is 1. The van der Waals surface area contributed by atoms with E-state index < -0.39 is 21.9 Å². The van der Waals surface area contributed by atoms with Crippen LogP contribution in [0.5, 0.6) is 5.75 Å². The summed E-state index contributed by atoms with van der Waals surface area (Å²) in [6.07, 6.45) is 0. The molecule has 0 aliphatic carbocycles. The number of hydrogen-bond acceptors (Lipinski definition) is 6. The van der Waals surface area contributed by atoms with Gasteiger partial charge >= 0.3 is 5.97 Å². The van der Waals surface area contributed by atoms with Crippen LogP contribution in [0.2, 0.25) is 15.1 Å². The maximum absolute atomic E-state index is 12.5. The largest absolute Gasteiger partial charge is 0.491 e. The number of carboxylic acid groups (broad SMARTS) is 1. The molecule has 13 heteroatoms. The number of amides is 1. The van der Waals surface area contributed by atoms with Gasteiger partial charge in [-0.1, -0.05) is 40.9 Å². The molecule has 38 heavy (non-hydrogen) atoms. The summed E-state index contributed by atoms with van der Waals surface area (Å²) < 4.78 is 38.0. The normalized spacial score (nSPS) is 11.3. The molecular weight excluding hydrogens is 579 g/mol. The van der Waals surface area contributed by atoms with Gasteiger partial charge in [-0.25, -0.2) is 17.9 Å². The maximum Gasteiger partial charge on any atom is 0.337 e. The molecule has 0 bridgehead atoms. The van der Waals surface area contributed by atoms with Crippen molar-refractivity contribution in [2.24, 2.45) is 0 Å². The van der Waals surface area contributed by atoms with Crippen LogP contribution in [0.15, 0.2) is 59.5 Å². The molecule has 0 unspecified atom stereocenters. The van der Waals surface area contributed by atoms with Gasteiger partial charge in [-0.3, -0.25) is 4.79 Å². The van der Waals surface area contributed by atoms with Gasteiger partial charge in [-0.2, -0.15) is 0 Å². The molecule has 3 N–H and O–H groups in total. The van der Waals surface area contributed by atoms with Crippen molar-refractivity contribution in [1.82, 2.24) is 4.72 Å². The average Bonchev–Trinajstić information content (AvgIpc) is 2.85. The van der Waals surface area contributed by atoms with Gasteiger partial charge in [0.25, 0.3) is 5.91 Å². The van der Waals surface area contributed by atoms with E-state index in [-0.39, 0.29) is 58.8 Å². The van der Waals surface area contributed by atoms with Crippen molar-refractivity contribution in [3.05, 3.63) is 86.4 Å². The van der Waals surface area contributed by atoms with Crippen molar-refractivity contribution >= 4 is 62.4 Å². The van der Waals surface area contributed by atoms with E-state index in [0.717, 1.165) is 5.56 Å². The second-order valence-electron chi connectivity index (χ2n) is 7.86. The summed E-state index contributed by atoms with van der Waals surface area (Å²) in [6.45, 7) is 2.08. The second kappa shape index (κ2) is 13.3. The highest BCUT2D eigenvalue weighted by Crippen LogP contribution is 2.26. The predicted molar refractivity (Wildman–Crippen MR) is 146 cm³/mol. The third kappa shape index (κ3) is 8.07. The Labute approximate surface area is 234 Å². The minimum Gasteiger partial charge on any atom is -0.491 e. The minimum absolute atomic E-state index is 0.0308. The van der Waals surface area contributed by atoms with Crippen molar-refractivity contribution in [3.63, 3.8) is 0 Å². The fourth-order valence-electron chi connectivity index (χ4n) is 3.16. The molecule has 3 rings (SSSR count). The Hall–Kier alpha value is -2.86. The van der Waals surface area contributed by atoms with Crippen LogP contribution in [0.1, 0.15) is 26.3 Å². The molecule has 202 valence electrons. The van der Waals surface area contributed by atoms with Crippen molar-refractivity contribution in [2.75, 3.05) is 31.7 Å². The number of sulfonamides is 1. The van der Waals surface area contributed by atoms with Crippen molar-refractivity contribution < 1.29 is 32.6 Å². The van der Waals surface area contributed by atoms with Crippen LogP contribution in [-0.4, -0.2) is 51.8 Å². The highest BCUT2D eigenvalue weighted by atomic mass is 35.5. The van der Waals surface area contributed by atoms with Gasteiger partial charge in [0, 0.05) is 16.6 Å². The Morgan fingerprint density at radius 2 is 1.66 bits per heavy atom. The molecule has 3 aromatic carbocycles. The van der Waals surface area contributed by atoms with Gasteiger partial charge in [0.05, 0.1) is 39.9 Å². The van der Waals surface area contributed by atoms with Crippen LogP contribution in [0.25, 0.3) is 0 Å². The lowest BCUT2D eigenvalue weighted by Crippen LogP contribution is -2.28. The Kier molecular flexibility index (Phi) is 10.4. The number of benzene rings is 3. The second-order valence-corrected chi connectivity index (χ2v) is 10.9. The highest BCUT2D eigenvalue weighted by Gasteiger charge is 2.17. The van der Waals surface area contributed by atoms with Crippen LogP contribution in [-0.2, 0) is 14.8 Å². The van der Waals surface area contributed by atoms with E-state index in [2.05, 4.69) is 10.0 Å². The number of nitrogens with one attached hydrogen (secondary N) is 2. The molecule has 0 aromatic heterocycles. The van der Waals surface area contributed by atoms with E-state index in [1.165, 1.54) is 48.5 Å². The lowest BCUT2D eigenvalue weighted by atomic mass is 10.1. The fraction of sp³-hybridized carbons (Fsp3) is 0.200. The summed E-state index contributed by atoms with van der Waals surface area (Å²) in [5, 5.41) is 12.9. The van der Waals surface area contributed by atoms with Gasteiger partial charge in [0.1, 0.15) is 12.4 Å². The van der Waals surface area contributed by atoms with Crippen LogP contribution >= 0.6 is 34.8 Å². The molecule has 0 spiro atoms. The Balaban J connectivity index is 1.48. The SMILES string of the molecule is Cc1ccc(S(=O)(=O)NCCOCCOc2ccc(NC(=O)c3ccc(Cl)cc3Cl)c(C(=O)O)c2)cc1Cl. The molecule has 0 atom stereocenters. The minimum atomic E-state index is -3.73. The molecule has 9 nitrogen and oxygen atoms in total. The molecule has 0 saturated heterocycles. The highest BCUT2D eigenvalue weighted by molar-refractivity contribution is 7.89. The van der Waals surface area contributed by atoms with Crippen molar-refractivity contribution in [1.29, 1.82) is 0 Å². The maximum atomic E-state index is 12.5. The first-order valence-electron chi connectivity index (χ1n) is 11.1. The topological polar surface area (TPSA) is 131 Å². The quantitative estimate of drug-likeness (QED) is 0.241. The van der Waals surface area contributed by atoms with Crippen LogP contribution < -0.4 is 14.8 Å². The molecule has 0 aliphatic rings. The molecule has 0 radical (unpaired) electrons. The number of rotatable bonds is 12. The number of carbonyl (C=O) groups excluding carboxylic acids is 1. The van der Waals surface area contributed by atoms with E-state index in [1.54, 1.807) is 13.0 Å². The Morgan fingerprint density at radius 3 is 2.34 bits per heavy atom. The summed E-state index contributed by atoms with van der Waals surface area (Å²) in [5.74, 6) is -1.63. The zero-order chi connectivity index (χ0) is 27.9. The summed E-state index contributed by atoms with van der Waals surface area (Å²) in [4.78, 5) is 24.3. The number of halogens is 3. The smallest absolute Gasteiger partial charge is 0.337 e. The standard InChI is InChI=1S/C25H23Cl3N2O7S/c1-15-2-5-18(14-21(15)27)38(34,35)29-8-9-36-10-11-37-17-4-7-23(20(13-17)25(32)33)30-24(31)19-6-3-16(26)12-22(19)28/h2-7,12-14,29H,8-11H2,1H3,(H,30,31)(H,32,33). The lowest BCUT2D eigenvalue weighted by Gasteiger charge is -2.13. The molecule has 0 saturated carbocycles. The number of aromatic carboxylic acids is 1. The number of carbonyl (C=O) groups is 2.